The normalized spacial score (nSPS) is 15.0. The zero-order valence-corrected chi connectivity index (χ0v) is 14.1. The van der Waals surface area contributed by atoms with E-state index in [9.17, 15) is 13.2 Å². The largest absolute Gasteiger partial charge is 0.356 e. The molecule has 3 aromatic rings. The Labute approximate surface area is 144 Å². The Morgan fingerprint density at radius 2 is 2.04 bits per heavy atom. The van der Waals surface area contributed by atoms with Crippen LogP contribution in [0.25, 0.3) is 10.9 Å². The lowest BCUT2D eigenvalue weighted by molar-refractivity contribution is 0.0787. The number of para-hydroxylation sites is 1. The average molecular weight is 359 g/mol. The number of carbonyl (C=O) groups is 1. The van der Waals surface area contributed by atoms with Crippen LogP contribution in [0.15, 0.2) is 41.6 Å². The summed E-state index contributed by atoms with van der Waals surface area (Å²) in [5.41, 5.74) is 1.29. The van der Waals surface area contributed by atoms with Crippen LogP contribution in [-0.4, -0.2) is 47.5 Å². The maximum Gasteiger partial charge on any atom is 0.270 e. The predicted octanol–water partition coefficient (Wildman–Crippen LogP) is 1.93. The van der Waals surface area contributed by atoms with E-state index in [1.54, 1.807) is 23.2 Å². The number of likely N-dealkylation sites (tertiary alicyclic amines) is 1. The van der Waals surface area contributed by atoms with Crippen LogP contribution in [0.2, 0.25) is 0 Å². The minimum absolute atomic E-state index is 0.0200. The van der Waals surface area contributed by atoms with Crippen LogP contribution >= 0.6 is 0 Å². The molecule has 0 bridgehead atoms. The number of aromatic amines is 2. The molecule has 1 fully saturated rings. The number of nitrogens with one attached hydrogen (secondary N) is 3. The number of aromatic nitrogens is 3. The number of benzene rings is 1. The van der Waals surface area contributed by atoms with Crippen molar-refractivity contribution in [3.05, 3.63) is 42.4 Å². The number of rotatable bonds is 4. The van der Waals surface area contributed by atoms with Crippen molar-refractivity contribution in [2.45, 2.75) is 17.7 Å². The SMILES string of the molecule is O=C(c1cc(S(=O)(=O)Nc2cccc3cn[nH]c23)c[nH]1)N1CCCC1. The highest BCUT2D eigenvalue weighted by Gasteiger charge is 2.24. The molecule has 1 amide bonds. The summed E-state index contributed by atoms with van der Waals surface area (Å²) < 4.78 is 27.8. The van der Waals surface area contributed by atoms with Crippen molar-refractivity contribution in [3.8, 4) is 0 Å². The molecule has 0 aliphatic carbocycles. The molecule has 0 spiro atoms. The van der Waals surface area contributed by atoms with Gasteiger partial charge in [0.05, 0.1) is 17.4 Å². The van der Waals surface area contributed by atoms with E-state index in [-0.39, 0.29) is 16.5 Å². The van der Waals surface area contributed by atoms with Crippen molar-refractivity contribution in [2.75, 3.05) is 17.8 Å². The molecule has 1 aliphatic rings. The Hall–Kier alpha value is -2.81. The number of amides is 1. The summed E-state index contributed by atoms with van der Waals surface area (Å²) in [6.45, 7) is 1.42. The maximum atomic E-state index is 12.6. The monoisotopic (exact) mass is 359 g/mol. The predicted molar refractivity (Wildman–Crippen MR) is 92.8 cm³/mol. The molecule has 4 rings (SSSR count). The number of anilines is 1. The van der Waals surface area contributed by atoms with Crippen molar-refractivity contribution < 1.29 is 13.2 Å². The summed E-state index contributed by atoms with van der Waals surface area (Å²) in [6, 6.07) is 6.60. The van der Waals surface area contributed by atoms with E-state index < -0.39 is 10.0 Å². The Balaban J connectivity index is 1.60. The fourth-order valence-electron chi connectivity index (χ4n) is 3.00. The molecular formula is C16H17N5O3S. The van der Waals surface area contributed by atoms with Gasteiger partial charge < -0.3 is 9.88 Å². The molecule has 130 valence electrons. The van der Waals surface area contributed by atoms with Gasteiger partial charge in [-0.3, -0.25) is 14.6 Å². The van der Waals surface area contributed by atoms with Gasteiger partial charge in [0.2, 0.25) is 0 Å². The van der Waals surface area contributed by atoms with Gasteiger partial charge in [-0.15, -0.1) is 0 Å². The zero-order chi connectivity index (χ0) is 17.4. The Morgan fingerprint density at radius 1 is 1.24 bits per heavy atom. The van der Waals surface area contributed by atoms with Gasteiger partial charge in [0.1, 0.15) is 10.6 Å². The van der Waals surface area contributed by atoms with E-state index in [1.165, 1.54) is 12.3 Å². The molecule has 0 radical (unpaired) electrons. The molecule has 1 saturated heterocycles. The summed E-state index contributed by atoms with van der Waals surface area (Å²) >= 11 is 0. The molecule has 3 heterocycles. The third kappa shape index (κ3) is 2.86. The van der Waals surface area contributed by atoms with Crippen molar-refractivity contribution in [1.29, 1.82) is 0 Å². The topological polar surface area (TPSA) is 111 Å². The summed E-state index contributed by atoms with van der Waals surface area (Å²) in [7, 11) is -3.82. The number of carbonyl (C=O) groups excluding carboxylic acids is 1. The van der Waals surface area contributed by atoms with Crippen LogP contribution in [0, 0.1) is 0 Å². The number of fused-ring (bicyclic) bond motifs is 1. The van der Waals surface area contributed by atoms with E-state index in [4.69, 9.17) is 0 Å². The van der Waals surface area contributed by atoms with Crippen molar-refractivity contribution in [2.24, 2.45) is 0 Å². The lowest BCUT2D eigenvalue weighted by Crippen LogP contribution is -2.27. The lowest BCUT2D eigenvalue weighted by Gasteiger charge is -2.13. The van der Waals surface area contributed by atoms with E-state index in [1.807, 2.05) is 6.07 Å². The van der Waals surface area contributed by atoms with Gasteiger partial charge in [0.15, 0.2) is 0 Å². The van der Waals surface area contributed by atoms with Gasteiger partial charge in [-0.25, -0.2) is 8.42 Å². The number of hydrogen-bond acceptors (Lipinski definition) is 4. The van der Waals surface area contributed by atoms with E-state index in [0.29, 0.717) is 24.3 Å². The van der Waals surface area contributed by atoms with E-state index in [2.05, 4.69) is 19.9 Å². The number of sulfonamides is 1. The molecule has 1 aliphatic heterocycles. The van der Waals surface area contributed by atoms with Gasteiger partial charge in [-0.2, -0.15) is 5.10 Å². The third-order valence-electron chi connectivity index (χ3n) is 4.31. The molecule has 9 heteroatoms. The molecule has 0 atom stereocenters. The first-order valence-corrected chi connectivity index (χ1v) is 9.45. The van der Waals surface area contributed by atoms with Gasteiger partial charge in [-0.05, 0) is 25.0 Å². The zero-order valence-electron chi connectivity index (χ0n) is 13.3. The van der Waals surface area contributed by atoms with Crippen LogP contribution in [0.3, 0.4) is 0 Å². The highest BCUT2D eigenvalue weighted by Crippen LogP contribution is 2.24. The second kappa shape index (κ2) is 5.92. The highest BCUT2D eigenvalue weighted by atomic mass is 32.2. The standard InChI is InChI=1S/C16H17N5O3S/c22-16(21-6-1-2-7-21)14-8-12(10-17-14)25(23,24)20-13-5-3-4-11-9-18-19-15(11)13/h3-5,8-10,17,20H,1-2,6-7H2,(H,18,19). The van der Waals surface area contributed by atoms with Crippen LogP contribution in [0.5, 0.6) is 0 Å². The van der Waals surface area contributed by atoms with Gasteiger partial charge in [0.25, 0.3) is 15.9 Å². The Morgan fingerprint density at radius 3 is 2.84 bits per heavy atom. The van der Waals surface area contributed by atoms with Gasteiger partial charge in [0, 0.05) is 24.7 Å². The van der Waals surface area contributed by atoms with Gasteiger partial charge in [-0.1, -0.05) is 12.1 Å². The van der Waals surface area contributed by atoms with E-state index in [0.717, 1.165) is 18.2 Å². The van der Waals surface area contributed by atoms with Crippen LogP contribution in [0.1, 0.15) is 23.3 Å². The molecule has 3 N–H and O–H groups in total. The highest BCUT2D eigenvalue weighted by molar-refractivity contribution is 7.92. The Kier molecular flexibility index (Phi) is 3.72. The van der Waals surface area contributed by atoms with Crippen LogP contribution in [-0.2, 0) is 10.0 Å². The first kappa shape index (κ1) is 15.7. The summed E-state index contributed by atoms with van der Waals surface area (Å²) in [6.07, 6.45) is 4.91. The number of hydrogen-bond donors (Lipinski definition) is 3. The summed E-state index contributed by atoms with van der Waals surface area (Å²) in [5, 5.41) is 7.50. The fourth-order valence-corrected chi connectivity index (χ4v) is 4.07. The summed E-state index contributed by atoms with van der Waals surface area (Å²) in [4.78, 5) is 16.9. The van der Waals surface area contributed by atoms with E-state index >= 15 is 0 Å². The smallest absolute Gasteiger partial charge is 0.270 e. The quantitative estimate of drug-likeness (QED) is 0.661. The molecule has 2 aromatic heterocycles. The number of H-pyrrole nitrogens is 2. The number of nitrogens with zero attached hydrogens (tertiary/aromatic N) is 2. The third-order valence-corrected chi connectivity index (χ3v) is 5.66. The van der Waals surface area contributed by atoms with Crippen molar-refractivity contribution >= 4 is 32.5 Å². The molecule has 0 unspecified atom stereocenters. The van der Waals surface area contributed by atoms with Crippen LogP contribution in [0.4, 0.5) is 5.69 Å². The van der Waals surface area contributed by atoms with Crippen LogP contribution < -0.4 is 4.72 Å². The second-order valence-electron chi connectivity index (χ2n) is 5.99. The molecular weight excluding hydrogens is 342 g/mol. The molecule has 8 nitrogen and oxygen atoms in total. The average Bonchev–Trinajstić information content (AvgIpc) is 3.33. The maximum absolute atomic E-state index is 12.6. The Bertz CT molecular complexity index is 1030. The minimum Gasteiger partial charge on any atom is -0.356 e. The van der Waals surface area contributed by atoms with Gasteiger partial charge >= 0.3 is 0 Å². The molecule has 0 saturated carbocycles. The minimum atomic E-state index is -3.82. The second-order valence-corrected chi connectivity index (χ2v) is 7.68. The van der Waals surface area contributed by atoms with Crippen molar-refractivity contribution in [3.63, 3.8) is 0 Å². The molecule has 1 aromatic carbocycles. The fraction of sp³-hybridized carbons (Fsp3) is 0.250. The van der Waals surface area contributed by atoms with Crippen molar-refractivity contribution in [1.82, 2.24) is 20.1 Å². The first-order valence-electron chi connectivity index (χ1n) is 7.97. The summed E-state index contributed by atoms with van der Waals surface area (Å²) in [5.74, 6) is -0.172. The lowest BCUT2D eigenvalue weighted by atomic mass is 10.2. The molecule has 25 heavy (non-hydrogen) atoms. The first-order chi connectivity index (χ1) is 12.0.